The first-order chi connectivity index (χ1) is 13.0. The molecule has 10 nitrogen and oxygen atoms in total. The third-order valence-corrected chi connectivity index (χ3v) is 7.23. The Bertz CT molecular complexity index is 1250. The molecule has 0 aromatic carbocycles. The number of sulfonamides is 2. The van der Waals surface area contributed by atoms with Gasteiger partial charge < -0.3 is 4.74 Å². The molecule has 28 heavy (non-hydrogen) atoms. The minimum absolute atomic E-state index is 0.225. The fourth-order valence-electron chi connectivity index (χ4n) is 3.11. The fourth-order valence-corrected chi connectivity index (χ4v) is 5.96. The maximum atomic E-state index is 12.3. The van der Waals surface area contributed by atoms with Crippen LogP contribution < -0.4 is 8.45 Å². The maximum Gasteiger partial charge on any atom is 0.246 e. The van der Waals surface area contributed by atoms with Crippen LogP contribution in [0.3, 0.4) is 0 Å². The zero-order valence-electron chi connectivity index (χ0n) is 16.2. The molecule has 0 fully saturated rings. The summed E-state index contributed by atoms with van der Waals surface area (Å²) in [5.74, 6) is 0.753. The van der Waals surface area contributed by atoms with E-state index in [0.29, 0.717) is 38.7 Å². The van der Waals surface area contributed by atoms with Crippen LogP contribution in [0.15, 0.2) is 12.1 Å². The molecular formula is C16H21N5O5S2. The Hall–Kier alpha value is -2.47. The maximum absolute atomic E-state index is 12.3. The molecule has 0 amide bonds. The van der Waals surface area contributed by atoms with Gasteiger partial charge in [0, 0.05) is 12.5 Å². The van der Waals surface area contributed by atoms with Gasteiger partial charge in [-0.25, -0.2) is 26.8 Å². The largest absolute Gasteiger partial charge is 0.481 e. The molecule has 0 aliphatic heterocycles. The molecule has 0 aliphatic rings. The molecule has 152 valence electrons. The van der Waals surface area contributed by atoms with E-state index < -0.39 is 20.0 Å². The number of ether oxygens (including phenoxy) is 1. The molecule has 3 rings (SSSR count). The van der Waals surface area contributed by atoms with Crippen LogP contribution in [0.5, 0.6) is 5.88 Å². The molecule has 0 spiro atoms. The van der Waals surface area contributed by atoms with E-state index in [-0.39, 0.29) is 11.3 Å². The van der Waals surface area contributed by atoms with Crippen molar-refractivity contribution >= 4 is 42.5 Å². The molecule has 0 bridgehead atoms. The summed E-state index contributed by atoms with van der Waals surface area (Å²) in [5, 5.41) is 0. The Morgan fingerprint density at radius 1 is 1.07 bits per heavy atom. The van der Waals surface area contributed by atoms with Gasteiger partial charge in [0.2, 0.25) is 25.9 Å². The summed E-state index contributed by atoms with van der Waals surface area (Å²) in [6.45, 7) is 3.66. The van der Waals surface area contributed by atoms with Crippen molar-refractivity contribution in [3.8, 4) is 5.88 Å². The Morgan fingerprint density at radius 2 is 1.71 bits per heavy atom. The summed E-state index contributed by atoms with van der Waals surface area (Å²) >= 11 is 0. The van der Waals surface area contributed by atoms with Crippen molar-refractivity contribution in [1.29, 1.82) is 0 Å². The minimum Gasteiger partial charge on any atom is -0.481 e. The van der Waals surface area contributed by atoms with Crippen molar-refractivity contribution in [2.45, 2.75) is 26.7 Å². The predicted molar refractivity (Wildman–Crippen MR) is 106 cm³/mol. The van der Waals surface area contributed by atoms with Crippen molar-refractivity contribution in [3.05, 3.63) is 23.7 Å². The second-order valence-corrected chi connectivity index (χ2v) is 10.3. The predicted octanol–water partition coefficient (Wildman–Crippen LogP) is 1.27. The van der Waals surface area contributed by atoms with Gasteiger partial charge in [-0.05, 0) is 19.4 Å². The monoisotopic (exact) mass is 427 g/mol. The second-order valence-electron chi connectivity index (χ2n) is 6.40. The van der Waals surface area contributed by atoms with Crippen molar-refractivity contribution in [1.82, 2.24) is 19.4 Å². The molecule has 0 saturated carbocycles. The van der Waals surface area contributed by atoms with Crippen LogP contribution in [0, 0.1) is 6.92 Å². The average molecular weight is 428 g/mol. The molecule has 12 heteroatoms. The molecule has 0 unspecified atom stereocenters. The molecule has 0 radical (unpaired) electrons. The third kappa shape index (κ3) is 3.37. The highest BCUT2D eigenvalue weighted by molar-refractivity contribution is 8.09. The number of methoxy groups -OCH3 is 1. The van der Waals surface area contributed by atoms with Gasteiger partial charge in [-0.2, -0.15) is 4.98 Å². The summed E-state index contributed by atoms with van der Waals surface area (Å²) < 4.78 is 56.6. The lowest BCUT2D eigenvalue weighted by Gasteiger charge is -2.20. The van der Waals surface area contributed by atoms with Crippen LogP contribution in [0.1, 0.15) is 24.9 Å². The highest BCUT2D eigenvalue weighted by Gasteiger charge is 2.33. The van der Waals surface area contributed by atoms with Crippen molar-refractivity contribution in [3.63, 3.8) is 0 Å². The Balaban J connectivity index is 2.57. The number of fused-ring (bicyclic) bond motifs is 3. The van der Waals surface area contributed by atoms with Crippen molar-refractivity contribution in [2.24, 2.45) is 0 Å². The lowest BCUT2D eigenvalue weighted by molar-refractivity contribution is 0.399. The van der Waals surface area contributed by atoms with Gasteiger partial charge in [0.05, 0.1) is 25.3 Å². The summed E-state index contributed by atoms with van der Waals surface area (Å²) in [6, 6.07) is 3.16. The van der Waals surface area contributed by atoms with Crippen LogP contribution in [0.2, 0.25) is 0 Å². The average Bonchev–Trinajstić information content (AvgIpc) is 2.89. The highest BCUT2D eigenvalue weighted by Crippen LogP contribution is 2.31. The number of imidazole rings is 1. The van der Waals surface area contributed by atoms with Gasteiger partial charge in [-0.3, -0.25) is 4.40 Å². The quantitative estimate of drug-likeness (QED) is 0.576. The summed E-state index contributed by atoms with van der Waals surface area (Å²) in [5.41, 5.74) is 1.45. The van der Waals surface area contributed by atoms with Crippen molar-refractivity contribution < 1.29 is 21.6 Å². The number of aromatic nitrogens is 4. The molecule has 0 atom stereocenters. The summed E-state index contributed by atoms with van der Waals surface area (Å²) in [4.78, 5) is 13.3. The topological polar surface area (TPSA) is 124 Å². The van der Waals surface area contributed by atoms with Crippen molar-refractivity contribution in [2.75, 3.05) is 23.3 Å². The third-order valence-electron chi connectivity index (χ3n) is 4.06. The van der Waals surface area contributed by atoms with E-state index in [9.17, 15) is 16.8 Å². The first-order valence-electron chi connectivity index (χ1n) is 8.42. The molecule has 3 aromatic rings. The lowest BCUT2D eigenvalue weighted by Crippen LogP contribution is -2.36. The van der Waals surface area contributed by atoms with Crippen LogP contribution in [0.25, 0.3) is 16.7 Å². The van der Waals surface area contributed by atoms with Gasteiger partial charge in [0.15, 0.2) is 11.5 Å². The molecule has 0 N–H and O–H groups in total. The smallest absolute Gasteiger partial charge is 0.246 e. The molecule has 0 aliphatic carbocycles. The fraction of sp³-hybridized carbons (Fsp3) is 0.438. The summed E-state index contributed by atoms with van der Waals surface area (Å²) in [6.07, 6.45) is 3.01. The van der Waals surface area contributed by atoms with Crippen LogP contribution in [-0.4, -0.2) is 55.8 Å². The Kier molecular flexibility index (Phi) is 4.96. The van der Waals surface area contributed by atoms with E-state index in [1.54, 1.807) is 23.5 Å². The Labute approximate surface area is 163 Å². The normalized spacial score (nSPS) is 12.6. The first-order valence-corrected chi connectivity index (χ1v) is 12.1. The molecule has 0 saturated heterocycles. The van der Waals surface area contributed by atoms with E-state index in [4.69, 9.17) is 4.74 Å². The SMILES string of the molecule is CCCc1nc(C)c2c(N(S(C)(=O)=O)S(C)(=O)=O)nc3ccc(OC)nc3n12. The van der Waals surface area contributed by atoms with Crippen LogP contribution in [-0.2, 0) is 26.5 Å². The number of nitrogens with zero attached hydrogens (tertiary/aromatic N) is 5. The van der Waals surface area contributed by atoms with E-state index >= 15 is 0 Å². The zero-order chi connectivity index (χ0) is 20.9. The number of hydrogen-bond acceptors (Lipinski definition) is 8. The van der Waals surface area contributed by atoms with Crippen LogP contribution in [0.4, 0.5) is 5.82 Å². The van der Waals surface area contributed by atoms with E-state index in [2.05, 4.69) is 15.0 Å². The lowest BCUT2D eigenvalue weighted by atomic mass is 10.3. The number of anilines is 1. The molecule has 3 heterocycles. The van der Waals surface area contributed by atoms with E-state index in [1.807, 2.05) is 6.92 Å². The van der Waals surface area contributed by atoms with E-state index in [0.717, 1.165) is 18.9 Å². The summed E-state index contributed by atoms with van der Waals surface area (Å²) in [7, 11) is -6.86. The highest BCUT2D eigenvalue weighted by atomic mass is 32.3. The van der Waals surface area contributed by atoms with E-state index in [1.165, 1.54) is 7.11 Å². The number of hydrogen-bond donors (Lipinski definition) is 0. The van der Waals surface area contributed by atoms with Gasteiger partial charge >= 0.3 is 0 Å². The molecular weight excluding hydrogens is 406 g/mol. The number of rotatable bonds is 6. The molecule has 3 aromatic heterocycles. The second kappa shape index (κ2) is 6.85. The van der Waals surface area contributed by atoms with Gasteiger partial charge in [0.1, 0.15) is 16.9 Å². The van der Waals surface area contributed by atoms with Gasteiger partial charge in [-0.1, -0.05) is 6.92 Å². The number of aryl methyl sites for hydroxylation is 2. The number of pyridine rings is 1. The van der Waals surface area contributed by atoms with Gasteiger partial charge in [0.25, 0.3) is 0 Å². The standard InChI is InChI=1S/C16H21N5O5S2/c1-6-7-12-17-10(2)14-16(21(27(4,22)23)28(5,24)25)18-11-8-9-13(26-3)19-15(11)20(12)14/h8-9H,6-7H2,1-5H3. The van der Waals surface area contributed by atoms with Crippen LogP contribution >= 0.6 is 0 Å². The zero-order valence-corrected chi connectivity index (χ0v) is 17.8. The first kappa shape index (κ1) is 20.3. The van der Waals surface area contributed by atoms with Gasteiger partial charge in [-0.15, -0.1) is 3.71 Å². The Morgan fingerprint density at radius 3 is 2.25 bits per heavy atom. The minimum atomic E-state index is -4.17.